The molecule has 0 saturated carbocycles. The highest BCUT2D eigenvalue weighted by atomic mass is 16.5. The second kappa shape index (κ2) is 29.5. The molecule has 380 valence electrons. The third-order valence-electron chi connectivity index (χ3n) is 13.4. The molecule has 6 aromatic rings. The number of esters is 2. The smallest absolute Gasteiger partial charge is 0.348 e. The van der Waals surface area contributed by atoms with E-state index >= 15 is 4.79 Å². The van der Waals surface area contributed by atoms with Crippen LogP contribution in [0.25, 0.3) is 12.2 Å². The van der Waals surface area contributed by atoms with Crippen LogP contribution < -0.4 is 9.80 Å². The number of nitriles is 2. The van der Waals surface area contributed by atoms with Gasteiger partial charge in [0.15, 0.2) is 5.78 Å². The molecule has 6 aromatic carbocycles. The van der Waals surface area contributed by atoms with E-state index in [9.17, 15) is 20.1 Å². The van der Waals surface area contributed by atoms with Crippen molar-refractivity contribution < 1.29 is 23.9 Å². The van der Waals surface area contributed by atoms with Crippen LogP contribution in [0.15, 0.2) is 169 Å². The number of benzene rings is 6. The number of carbonyl (C=O) groups excluding carboxylic acids is 3. The number of carbonyl (C=O) groups is 3. The van der Waals surface area contributed by atoms with E-state index in [-0.39, 0.29) is 47.3 Å². The predicted octanol–water partition coefficient (Wildman–Crippen LogP) is 14.7. The summed E-state index contributed by atoms with van der Waals surface area (Å²) in [5.41, 5.74) is 6.25. The van der Waals surface area contributed by atoms with E-state index in [4.69, 9.17) is 9.47 Å². The zero-order chi connectivity index (χ0) is 52.5. The van der Waals surface area contributed by atoms with Crippen LogP contribution in [-0.2, 0) is 45.2 Å². The molecule has 0 aliphatic heterocycles. The lowest BCUT2D eigenvalue weighted by atomic mass is 9.92. The molecule has 2 atom stereocenters. The van der Waals surface area contributed by atoms with Crippen LogP contribution in [0.1, 0.15) is 128 Å². The first-order valence-corrected chi connectivity index (χ1v) is 26.2. The number of hydrogen-bond acceptors (Lipinski definition) is 9. The highest BCUT2D eigenvalue weighted by Crippen LogP contribution is 2.32. The molecule has 0 fully saturated rings. The summed E-state index contributed by atoms with van der Waals surface area (Å²) >= 11 is 0. The quantitative estimate of drug-likeness (QED) is 0.0204. The van der Waals surface area contributed by atoms with Gasteiger partial charge in [0.25, 0.3) is 0 Å². The van der Waals surface area contributed by atoms with Crippen molar-refractivity contribution in [2.45, 2.75) is 105 Å². The molecular formula is C65H70N4O5. The largest absolute Gasteiger partial charge is 0.461 e. The zero-order valence-corrected chi connectivity index (χ0v) is 43.6. The third kappa shape index (κ3) is 16.5. The monoisotopic (exact) mass is 987 g/mol. The Morgan fingerprint density at radius 3 is 1.09 bits per heavy atom. The number of ketones is 1. The van der Waals surface area contributed by atoms with Gasteiger partial charge in [-0.25, -0.2) is 9.59 Å². The SMILES string of the molecule is CCCCC(CC)COC(=O)/C(C#N)=C/c1ccc(N(Cc2ccccc2)Cc2ccccc2)cc1C(=O)c1cc(N(Cc2ccccc2)Cc2ccccc2)ccc1/C=C(\C#N)C(=O)OCC(CC)CCCC. The van der Waals surface area contributed by atoms with Crippen molar-refractivity contribution in [2.75, 3.05) is 23.0 Å². The molecule has 0 amide bonds. The lowest BCUT2D eigenvalue weighted by Gasteiger charge is -2.27. The van der Waals surface area contributed by atoms with Gasteiger partial charge in [0.1, 0.15) is 23.3 Å². The average Bonchev–Trinajstić information content (AvgIpc) is 3.44. The number of hydrogen-bond donors (Lipinski definition) is 0. The second-order valence-corrected chi connectivity index (χ2v) is 18.9. The summed E-state index contributed by atoms with van der Waals surface area (Å²) in [7, 11) is 0. The Morgan fingerprint density at radius 1 is 0.486 bits per heavy atom. The van der Waals surface area contributed by atoms with E-state index in [1.807, 2.05) is 97.1 Å². The Morgan fingerprint density at radius 2 is 0.811 bits per heavy atom. The molecule has 0 saturated heterocycles. The summed E-state index contributed by atoms with van der Waals surface area (Å²) in [6.45, 7) is 10.8. The molecule has 9 nitrogen and oxygen atoms in total. The number of ether oxygens (including phenoxy) is 2. The molecular weight excluding hydrogens is 917 g/mol. The van der Waals surface area contributed by atoms with E-state index in [0.717, 1.165) is 85.0 Å². The summed E-state index contributed by atoms with van der Waals surface area (Å²) in [5, 5.41) is 21.1. The number of nitrogens with zero attached hydrogens (tertiary/aromatic N) is 4. The van der Waals surface area contributed by atoms with Crippen LogP contribution in [0.4, 0.5) is 11.4 Å². The Bertz CT molecular complexity index is 2610. The molecule has 0 aromatic heterocycles. The van der Waals surface area contributed by atoms with Crippen LogP contribution in [0.5, 0.6) is 0 Å². The standard InChI is InChI=1S/C65H70N4O5/c1-5-9-23-49(7-3)47-73-64(71)57(41-66)37-55-33-35-59(68(43-51-25-15-11-16-26-51)44-52-27-17-12-18-28-52)39-61(55)63(70)62-40-60(69(45-53-29-19-13-20-30-53)46-54-31-21-14-22-32-54)36-34-56(62)38-58(42-67)65(72)74-48-50(8-4)24-10-6-2/h11-22,25-40,49-50H,5-10,23-24,43-48H2,1-4H3/b57-37+,58-38+. The summed E-state index contributed by atoms with van der Waals surface area (Å²) < 4.78 is 11.6. The maximum atomic E-state index is 16.0. The van der Waals surface area contributed by atoms with Gasteiger partial charge in [0, 0.05) is 48.7 Å². The van der Waals surface area contributed by atoms with Crippen molar-refractivity contribution in [2.24, 2.45) is 11.8 Å². The molecule has 0 spiro atoms. The average molecular weight is 987 g/mol. The maximum Gasteiger partial charge on any atom is 0.348 e. The topological polar surface area (TPSA) is 124 Å². The van der Waals surface area contributed by atoms with Crippen molar-refractivity contribution in [1.29, 1.82) is 10.5 Å². The van der Waals surface area contributed by atoms with Crippen LogP contribution in [0.2, 0.25) is 0 Å². The maximum absolute atomic E-state index is 16.0. The third-order valence-corrected chi connectivity index (χ3v) is 13.4. The first kappa shape index (κ1) is 55.3. The van der Waals surface area contributed by atoms with Crippen molar-refractivity contribution in [3.63, 3.8) is 0 Å². The van der Waals surface area contributed by atoms with E-state index in [0.29, 0.717) is 37.3 Å². The number of rotatable bonds is 28. The summed E-state index contributed by atoms with van der Waals surface area (Å²) in [6.07, 6.45) is 10.4. The van der Waals surface area contributed by atoms with Gasteiger partial charge >= 0.3 is 11.9 Å². The number of anilines is 2. The highest BCUT2D eigenvalue weighted by molar-refractivity contribution is 6.15. The van der Waals surface area contributed by atoms with Gasteiger partial charge in [-0.15, -0.1) is 0 Å². The van der Waals surface area contributed by atoms with Gasteiger partial charge in [-0.1, -0.05) is 200 Å². The molecule has 2 unspecified atom stereocenters. The predicted molar refractivity (Wildman–Crippen MR) is 298 cm³/mol. The van der Waals surface area contributed by atoms with Crippen molar-refractivity contribution in [3.8, 4) is 12.1 Å². The molecule has 9 heteroatoms. The molecule has 6 rings (SSSR count). The highest BCUT2D eigenvalue weighted by Gasteiger charge is 2.24. The minimum Gasteiger partial charge on any atom is -0.461 e. The fourth-order valence-corrected chi connectivity index (χ4v) is 8.89. The Balaban J connectivity index is 1.54. The lowest BCUT2D eigenvalue weighted by molar-refractivity contribution is -0.140. The van der Waals surface area contributed by atoms with E-state index in [1.54, 1.807) is 12.1 Å². The van der Waals surface area contributed by atoms with E-state index in [2.05, 4.69) is 98.2 Å². The fraction of sp³-hybridized carbons (Fsp3) is 0.308. The van der Waals surface area contributed by atoms with Gasteiger partial charge in [-0.2, -0.15) is 10.5 Å². The van der Waals surface area contributed by atoms with Crippen LogP contribution in [0, 0.1) is 34.5 Å². The lowest BCUT2D eigenvalue weighted by Crippen LogP contribution is -2.23. The van der Waals surface area contributed by atoms with Gasteiger partial charge in [-0.3, -0.25) is 4.79 Å². The Hall–Kier alpha value is -8.01. The van der Waals surface area contributed by atoms with Crippen LogP contribution >= 0.6 is 0 Å². The normalized spacial score (nSPS) is 12.2. The minimum atomic E-state index is -0.764. The molecule has 74 heavy (non-hydrogen) atoms. The van der Waals surface area contributed by atoms with Crippen LogP contribution in [0.3, 0.4) is 0 Å². The molecule has 0 heterocycles. The fourth-order valence-electron chi connectivity index (χ4n) is 8.89. The summed E-state index contributed by atoms with van der Waals surface area (Å²) in [4.78, 5) is 47.9. The molecule has 0 radical (unpaired) electrons. The van der Waals surface area contributed by atoms with Crippen molar-refractivity contribution in [3.05, 3.63) is 213 Å². The van der Waals surface area contributed by atoms with Crippen LogP contribution in [-0.4, -0.2) is 30.9 Å². The summed E-state index contributed by atoms with van der Waals surface area (Å²) in [6, 6.07) is 55.4. The Labute approximate surface area is 439 Å². The molecule has 0 aliphatic rings. The van der Waals surface area contributed by atoms with E-state index in [1.165, 1.54) is 12.2 Å². The molecule has 0 N–H and O–H groups in total. The summed E-state index contributed by atoms with van der Waals surface area (Å²) in [5.74, 6) is -1.66. The minimum absolute atomic E-state index is 0.155. The first-order valence-electron chi connectivity index (χ1n) is 26.2. The van der Waals surface area contributed by atoms with E-state index < -0.39 is 17.7 Å². The Kier molecular flexibility index (Phi) is 22.0. The van der Waals surface area contributed by atoms with Gasteiger partial charge in [0.05, 0.1) is 13.2 Å². The second-order valence-electron chi connectivity index (χ2n) is 18.9. The van der Waals surface area contributed by atoms with Gasteiger partial charge in [0.2, 0.25) is 0 Å². The molecule has 0 aliphatic carbocycles. The van der Waals surface area contributed by atoms with Crippen molar-refractivity contribution >= 4 is 41.2 Å². The first-order chi connectivity index (χ1) is 36.2. The molecule has 0 bridgehead atoms. The van der Waals surface area contributed by atoms with Gasteiger partial charge < -0.3 is 19.3 Å². The van der Waals surface area contributed by atoms with Gasteiger partial charge in [-0.05, 0) is 94.5 Å². The number of unbranched alkanes of at least 4 members (excludes halogenated alkanes) is 2. The van der Waals surface area contributed by atoms with Crippen molar-refractivity contribution in [1.82, 2.24) is 0 Å². The zero-order valence-electron chi connectivity index (χ0n) is 43.6.